The van der Waals surface area contributed by atoms with Gasteiger partial charge in [0.1, 0.15) is 5.60 Å². The number of alkyl carbamates (subject to hydrolysis) is 1. The van der Waals surface area contributed by atoms with Crippen molar-refractivity contribution in [2.75, 3.05) is 6.54 Å². The highest BCUT2D eigenvalue weighted by Crippen LogP contribution is 2.10. The van der Waals surface area contributed by atoms with Crippen LogP contribution in [-0.2, 0) is 14.4 Å². The van der Waals surface area contributed by atoms with E-state index in [1.54, 1.807) is 20.8 Å². The van der Waals surface area contributed by atoms with Crippen LogP contribution in [0.25, 0.3) is 0 Å². The summed E-state index contributed by atoms with van der Waals surface area (Å²) in [7, 11) is 0. The Morgan fingerprint density at radius 1 is 1.59 bits per heavy atom. The van der Waals surface area contributed by atoms with Crippen LogP contribution in [0.15, 0.2) is 5.16 Å². The molecule has 0 aliphatic carbocycles. The SMILES string of the molecule is CC(C)(C)OC(=O)NC[C@H]1CC(C(=O)O)=NO1. The van der Waals surface area contributed by atoms with E-state index in [9.17, 15) is 9.59 Å². The zero-order valence-corrected chi connectivity index (χ0v) is 10.0. The predicted octanol–water partition coefficient (Wildman–Crippen LogP) is 0.741. The van der Waals surface area contributed by atoms with Crippen LogP contribution in [0, 0.1) is 0 Å². The van der Waals surface area contributed by atoms with Gasteiger partial charge in [-0.3, -0.25) is 0 Å². The lowest BCUT2D eigenvalue weighted by Gasteiger charge is -2.20. The number of hydrogen-bond donors (Lipinski definition) is 2. The van der Waals surface area contributed by atoms with Crippen molar-refractivity contribution in [1.82, 2.24) is 5.32 Å². The molecule has 1 amide bonds. The fraction of sp³-hybridized carbons (Fsp3) is 0.700. The fourth-order valence-electron chi connectivity index (χ4n) is 1.18. The van der Waals surface area contributed by atoms with Crippen molar-refractivity contribution in [2.24, 2.45) is 5.16 Å². The molecule has 7 nitrogen and oxygen atoms in total. The molecule has 1 heterocycles. The number of carbonyl (C=O) groups is 2. The number of nitrogens with zero attached hydrogens (tertiary/aromatic N) is 1. The summed E-state index contributed by atoms with van der Waals surface area (Å²) >= 11 is 0. The van der Waals surface area contributed by atoms with Crippen molar-refractivity contribution in [2.45, 2.75) is 38.9 Å². The molecule has 96 valence electrons. The van der Waals surface area contributed by atoms with Gasteiger partial charge in [-0.15, -0.1) is 0 Å². The zero-order chi connectivity index (χ0) is 13.1. The smallest absolute Gasteiger partial charge is 0.407 e. The molecule has 0 aromatic carbocycles. The summed E-state index contributed by atoms with van der Waals surface area (Å²) in [6, 6.07) is 0. The second kappa shape index (κ2) is 5.03. The Balaban J connectivity index is 2.26. The maximum absolute atomic E-state index is 11.3. The molecular weight excluding hydrogens is 228 g/mol. The third kappa shape index (κ3) is 4.71. The van der Waals surface area contributed by atoms with E-state index >= 15 is 0 Å². The average Bonchev–Trinajstić information content (AvgIpc) is 2.60. The van der Waals surface area contributed by atoms with Crippen LogP contribution >= 0.6 is 0 Å². The second-order valence-corrected chi connectivity index (χ2v) is 4.66. The van der Waals surface area contributed by atoms with Gasteiger partial charge in [-0.05, 0) is 20.8 Å². The molecule has 2 N–H and O–H groups in total. The molecule has 17 heavy (non-hydrogen) atoms. The summed E-state index contributed by atoms with van der Waals surface area (Å²) < 4.78 is 5.01. The summed E-state index contributed by atoms with van der Waals surface area (Å²) in [5, 5.41) is 14.5. The molecule has 0 unspecified atom stereocenters. The van der Waals surface area contributed by atoms with E-state index in [2.05, 4.69) is 10.5 Å². The molecule has 1 atom stereocenters. The first-order valence-corrected chi connectivity index (χ1v) is 5.21. The first-order chi connectivity index (χ1) is 7.78. The van der Waals surface area contributed by atoms with Crippen molar-refractivity contribution in [3.05, 3.63) is 0 Å². The lowest BCUT2D eigenvalue weighted by Crippen LogP contribution is -2.37. The van der Waals surface area contributed by atoms with Crippen molar-refractivity contribution in [3.8, 4) is 0 Å². The molecular formula is C10H16N2O5. The molecule has 0 aromatic rings. The van der Waals surface area contributed by atoms with E-state index in [4.69, 9.17) is 14.7 Å². The van der Waals surface area contributed by atoms with E-state index in [0.717, 1.165) is 0 Å². The third-order valence-corrected chi connectivity index (χ3v) is 1.85. The highest BCUT2D eigenvalue weighted by atomic mass is 16.6. The topological polar surface area (TPSA) is 97.2 Å². The zero-order valence-electron chi connectivity index (χ0n) is 10.0. The lowest BCUT2D eigenvalue weighted by molar-refractivity contribution is -0.129. The molecule has 0 saturated heterocycles. The standard InChI is InChI=1S/C10H16N2O5/c1-10(2,3)16-9(15)11-5-6-4-7(8(13)14)12-17-6/h6H,4-5H2,1-3H3,(H,11,15)(H,13,14)/t6-/m1/s1. The highest BCUT2D eigenvalue weighted by molar-refractivity contribution is 6.35. The van der Waals surface area contributed by atoms with E-state index in [1.807, 2.05) is 0 Å². The van der Waals surface area contributed by atoms with Gasteiger partial charge in [0, 0.05) is 6.42 Å². The van der Waals surface area contributed by atoms with Gasteiger partial charge in [-0.2, -0.15) is 0 Å². The van der Waals surface area contributed by atoms with Gasteiger partial charge in [0.05, 0.1) is 6.54 Å². The second-order valence-electron chi connectivity index (χ2n) is 4.66. The van der Waals surface area contributed by atoms with Crippen molar-refractivity contribution in [1.29, 1.82) is 0 Å². The first kappa shape index (κ1) is 13.3. The summed E-state index contributed by atoms with van der Waals surface area (Å²) in [4.78, 5) is 26.7. The highest BCUT2D eigenvalue weighted by Gasteiger charge is 2.26. The van der Waals surface area contributed by atoms with Crippen LogP contribution in [0.3, 0.4) is 0 Å². The Hall–Kier alpha value is -1.79. The van der Waals surface area contributed by atoms with Crippen LogP contribution in [0.5, 0.6) is 0 Å². The molecule has 7 heteroatoms. The Morgan fingerprint density at radius 2 is 2.24 bits per heavy atom. The molecule has 0 saturated carbocycles. The monoisotopic (exact) mass is 244 g/mol. The number of rotatable bonds is 3. The first-order valence-electron chi connectivity index (χ1n) is 5.21. The molecule has 0 radical (unpaired) electrons. The minimum Gasteiger partial charge on any atom is -0.477 e. The average molecular weight is 244 g/mol. The quantitative estimate of drug-likeness (QED) is 0.763. The Kier molecular flexibility index (Phi) is 3.93. The molecule has 1 rings (SSSR count). The van der Waals surface area contributed by atoms with E-state index in [-0.39, 0.29) is 18.7 Å². The summed E-state index contributed by atoms with van der Waals surface area (Å²) in [6.45, 7) is 5.42. The summed E-state index contributed by atoms with van der Waals surface area (Å²) in [6.07, 6.45) is -0.844. The van der Waals surface area contributed by atoms with Crippen molar-refractivity contribution in [3.63, 3.8) is 0 Å². The maximum Gasteiger partial charge on any atom is 0.407 e. The molecule has 0 aromatic heterocycles. The minimum absolute atomic E-state index is 0.0408. The van der Waals surface area contributed by atoms with Gasteiger partial charge < -0.3 is 20.0 Å². The number of ether oxygens (including phenoxy) is 1. The van der Waals surface area contributed by atoms with Crippen LogP contribution in [0.2, 0.25) is 0 Å². The van der Waals surface area contributed by atoms with Crippen LogP contribution in [0.1, 0.15) is 27.2 Å². The third-order valence-electron chi connectivity index (χ3n) is 1.85. The van der Waals surface area contributed by atoms with Gasteiger partial charge in [0.2, 0.25) is 0 Å². The number of aliphatic carboxylic acids is 1. The molecule has 1 aliphatic rings. The Morgan fingerprint density at radius 3 is 2.71 bits per heavy atom. The lowest BCUT2D eigenvalue weighted by atomic mass is 10.2. The summed E-state index contributed by atoms with van der Waals surface area (Å²) in [5.74, 6) is -1.11. The van der Waals surface area contributed by atoms with Gasteiger partial charge in [-0.1, -0.05) is 5.16 Å². The molecule has 0 fully saturated rings. The van der Waals surface area contributed by atoms with Gasteiger partial charge in [0.25, 0.3) is 0 Å². The normalized spacial score (nSPS) is 19.2. The van der Waals surface area contributed by atoms with E-state index < -0.39 is 23.8 Å². The van der Waals surface area contributed by atoms with Crippen molar-refractivity contribution < 1.29 is 24.3 Å². The van der Waals surface area contributed by atoms with Gasteiger partial charge >= 0.3 is 12.1 Å². The van der Waals surface area contributed by atoms with E-state index in [1.165, 1.54) is 0 Å². The number of nitrogens with one attached hydrogen (secondary N) is 1. The Bertz CT molecular complexity index is 345. The minimum atomic E-state index is -1.11. The van der Waals surface area contributed by atoms with Crippen LogP contribution in [0.4, 0.5) is 4.79 Å². The van der Waals surface area contributed by atoms with Gasteiger partial charge in [-0.25, -0.2) is 9.59 Å². The fourth-order valence-corrected chi connectivity index (χ4v) is 1.18. The molecule has 0 spiro atoms. The number of amides is 1. The van der Waals surface area contributed by atoms with Crippen LogP contribution < -0.4 is 5.32 Å². The van der Waals surface area contributed by atoms with Gasteiger partial charge in [0.15, 0.2) is 11.8 Å². The number of oxime groups is 1. The number of carbonyl (C=O) groups excluding carboxylic acids is 1. The number of hydrogen-bond acceptors (Lipinski definition) is 5. The Labute approximate surface area is 98.8 Å². The largest absolute Gasteiger partial charge is 0.477 e. The number of carboxylic acids is 1. The predicted molar refractivity (Wildman–Crippen MR) is 58.8 cm³/mol. The summed E-state index contributed by atoms with van der Waals surface area (Å²) in [5.41, 5.74) is -0.607. The van der Waals surface area contributed by atoms with Crippen molar-refractivity contribution >= 4 is 17.8 Å². The van der Waals surface area contributed by atoms with E-state index in [0.29, 0.717) is 0 Å². The van der Waals surface area contributed by atoms with Crippen LogP contribution in [-0.4, -0.2) is 41.1 Å². The maximum atomic E-state index is 11.3. The molecule has 1 aliphatic heterocycles. The molecule has 0 bridgehead atoms. The number of carboxylic acid groups (broad SMARTS) is 1.